The van der Waals surface area contributed by atoms with Crippen LogP contribution in [0.15, 0.2) is 179 Å². The van der Waals surface area contributed by atoms with Crippen molar-refractivity contribution in [1.82, 2.24) is 19.9 Å². The molecule has 0 aliphatic rings. The Bertz CT molecular complexity index is 3120. The normalized spacial score (nSPS) is 12.0. The molecule has 6 heteroatoms. The van der Waals surface area contributed by atoms with E-state index in [9.17, 15) is 0 Å². The van der Waals surface area contributed by atoms with E-state index >= 15 is 0 Å². The van der Waals surface area contributed by atoms with Gasteiger partial charge in [0, 0.05) is 34.0 Å². The lowest BCUT2D eigenvalue weighted by atomic mass is 9.81. The minimum Gasteiger partial charge on any atom is -0.436 e. The standard InChI is InChI=1S/C56H46N4O2/c1-55(2,3)44-31-32-45(56(4,5)6)52-51(44)60-54(62-52)42-28-20-37(21-29-42)35-14-22-39(23-15-35)43-30-33-47(46-11-9-10-34-57-46)58-50(43)40-24-16-36(17-25-40)38-18-26-41(27-19-38)53-59-48-12-7-8-13-49(48)61-53/h7-34H,1-6H3. The van der Waals surface area contributed by atoms with Crippen LogP contribution < -0.4 is 0 Å². The maximum absolute atomic E-state index is 6.57. The number of nitrogens with zero attached hydrogens (tertiary/aromatic N) is 4. The third kappa shape index (κ3) is 7.38. The molecule has 0 bridgehead atoms. The van der Waals surface area contributed by atoms with E-state index in [1.807, 2.05) is 42.5 Å². The predicted molar refractivity (Wildman–Crippen MR) is 253 cm³/mol. The van der Waals surface area contributed by atoms with E-state index in [1.165, 1.54) is 5.56 Å². The molecule has 0 unspecified atom stereocenters. The summed E-state index contributed by atoms with van der Waals surface area (Å²) in [5.41, 5.74) is 17.7. The monoisotopic (exact) mass is 806 g/mol. The second kappa shape index (κ2) is 15.2. The van der Waals surface area contributed by atoms with Crippen LogP contribution in [-0.2, 0) is 10.8 Å². The van der Waals surface area contributed by atoms with Gasteiger partial charge in [0.2, 0.25) is 11.8 Å². The van der Waals surface area contributed by atoms with Gasteiger partial charge in [-0.25, -0.2) is 15.0 Å². The first-order valence-electron chi connectivity index (χ1n) is 21.1. The lowest BCUT2D eigenvalue weighted by Crippen LogP contribution is -2.15. The Hall–Kier alpha value is -7.44. The maximum Gasteiger partial charge on any atom is 0.227 e. The van der Waals surface area contributed by atoms with Gasteiger partial charge in [-0.2, -0.15) is 0 Å². The van der Waals surface area contributed by atoms with Crippen LogP contribution in [-0.4, -0.2) is 19.9 Å². The van der Waals surface area contributed by atoms with Gasteiger partial charge in [0.25, 0.3) is 0 Å². The number of fused-ring (bicyclic) bond motifs is 2. The molecule has 0 radical (unpaired) electrons. The number of rotatable bonds is 7. The zero-order valence-electron chi connectivity index (χ0n) is 35.8. The summed E-state index contributed by atoms with van der Waals surface area (Å²) in [6.07, 6.45) is 1.80. The summed E-state index contributed by atoms with van der Waals surface area (Å²) in [5.74, 6) is 1.26. The first-order chi connectivity index (χ1) is 30.0. The number of para-hydroxylation sites is 2. The van der Waals surface area contributed by atoms with Crippen LogP contribution in [0.1, 0.15) is 52.7 Å². The first-order valence-corrected chi connectivity index (χ1v) is 21.1. The van der Waals surface area contributed by atoms with Gasteiger partial charge in [-0.1, -0.05) is 145 Å². The minimum atomic E-state index is -0.0747. The van der Waals surface area contributed by atoms with E-state index in [-0.39, 0.29) is 10.8 Å². The summed E-state index contributed by atoms with van der Waals surface area (Å²) in [4.78, 5) is 19.6. The van der Waals surface area contributed by atoms with Crippen molar-refractivity contribution in [2.75, 3.05) is 0 Å². The number of benzene rings is 6. The van der Waals surface area contributed by atoms with Gasteiger partial charge in [-0.15, -0.1) is 0 Å². The zero-order valence-corrected chi connectivity index (χ0v) is 35.8. The van der Waals surface area contributed by atoms with Crippen molar-refractivity contribution < 1.29 is 8.83 Å². The fraction of sp³-hybridized carbons (Fsp3) is 0.143. The molecule has 0 aliphatic carbocycles. The first kappa shape index (κ1) is 38.7. The number of hydrogen-bond acceptors (Lipinski definition) is 6. The molecule has 10 rings (SSSR count). The highest BCUT2D eigenvalue weighted by Crippen LogP contribution is 2.40. The number of oxazole rings is 2. The summed E-state index contributed by atoms with van der Waals surface area (Å²) >= 11 is 0. The molecular weight excluding hydrogens is 761 g/mol. The molecular formula is C56H46N4O2. The van der Waals surface area contributed by atoms with E-state index in [0.717, 1.165) is 94.9 Å². The smallest absolute Gasteiger partial charge is 0.227 e. The second-order valence-electron chi connectivity index (χ2n) is 18.0. The molecule has 0 N–H and O–H groups in total. The molecule has 0 fully saturated rings. The Kier molecular flexibility index (Phi) is 9.52. The molecule has 0 amide bonds. The quantitative estimate of drug-likeness (QED) is 0.160. The lowest BCUT2D eigenvalue weighted by Gasteiger charge is -2.23. The fourth-order valence-electron chi connectivity index (χ4n) is 8.16. The van der Waals surface area contributed by atoms with Gasteiger partial charge in [-0.05, 0) is 105 Å². The van der Waals surface area contributed by atoms with Crippen molar-refractivity contribution in [2.24, 2.45) is 0 Å². The highest BCUT2D eigenvalue weighted by atomic mass is 16.4. The van der Waals surface area contributed by atoms with Crippen LogP contribution in [0, 0.1) is 0 Å². The molecule has 4 heterocycles. The predicted octanol–water partition coefficient (Wildman–Crippen LogP) is 15.0. The Morgan fingerprint density at radius 2 is 0.903 bits per heavy atom. The van der Waals surface area contributed by atoms with Crippen LogP contribution >= 0.6 is 0 Å². The number of pyridine rings is 2. The molecule has 302 valence electrons. The van der Waals surface area contributed by atoms with Crippen LogP contribution in [0.3, 0.4) is 0 Å². The van der Waals surface area contributed by atoms with Crippen LogP contribution in [0.25, 0.3) is 101 Å². The van der Waals surface area contributed by atoms with Crippen molar-refractivity contribution >= 4 is 22.2 Å². The summed E-state index contributed by atoms with van der Waals surface area (Å²) in [7, 11) is 0. The summed E-state index contributed by atoms with van der Waals surface area (Å²) in [6, 6.07) is 56.6. The summed E-state index contributed by atoms with van der Waals surface area (Å²) in [6.45, 7) is 13.3. The zero-order chi connectivity index (χ0) is 42.6. The third-order valence-corrected chi connectivity index (χ3v) is 11.6. The van der Waals surface area contributed by atoms with Crippen molar-refractivity contribution in [1.29, 1.82) is 0 Å². The topological polar surface area (TPSA) is 77.8 Å². The fourth-order valence-corrected chi connectivity index (χ4v) is 8.16. The van der Waals surface area contributed by atoms with Crippen molar-refractivity contribution in [3.63, 3.8) is 0 Å². The molecule has 0 aliphatic heterocycles. The minimum absolute atomic E-state index is 0.0635. The molecule has 4 aromatic heterocycles. The van der Waals surface area contributed by atoms with Crippen molar-refractivity contribution in [2.45, 2.75) is 52.4 Å². The van der Waals surface area contributed by atoms with Gasteiger partial charge in [-0.3, -0.25) is 4.98 Å². The van der Waals surface area contributed by atoms with Crippen molar-refractivity contribution in [3.8, 4) is 78.9 Å². The highest BCUT2D eigenvalue weighted by Gasteiger charge is 2.27. The molecule has 0 saturated carbocycles. The average molecular weight is 807 g/mol. The Labute approximate surface area is 362 Å². The Morgan fingerprint density at radius 3 is 1.47 bits per heavy atom. The molecule has 6 aromatic carbocycles. The van der Waals surface area contributed by atoms with Crippen LogP contribution in [0.5, 0.6) is 0 Å². The number of hydrogen-bond donors (Lipinski definition) is 0. The summed E-state index contributed by atoms with van der Waals surface area (Å²) < 4.78 is 12.6. The van der Waals surface area contributed by atoms with Crippen LogP contribution in [0.2, 0.25) is 0 Å². The largest absolute Gasteiger partial charge is 0.436 e. The summed E-state index contributed by atoms with van der Waals surface area (Å²) in [5, 5.41) is 0. The lowest BCUT2D eigenvalue weighted by molar-refractivity contribution is 0.558. The molecule has 6 nitrogen and oxygen atoms in total. The molecule has 0 atom stereocenters. The van der Waals surface area contributed by atoms with E-state index in [4.69, 9.17) is 18.8 Å². The second-order valence-corrected chi connectivity index (χ2v) is 18.0. The van der Waals surface area contributed by atoms with Crippen molar-refractivity contribution in [3.05, 3.63) is 181 Å². The van der Waals surface area contributed by atoms with E-state index in [1.54, 1.807) is 6.20 Å². The third-order valence-electron chi connectivity index (χ3n) is 11.6. The van der Waals surface area contributed by atoms with Gasteiger partial charge in [0.1, 0.15) is 11.0 Å². The SMILES string of the molecule is CC(C)(C)c1ccc(C(C)(C)C)c2oc(-c3ccc(-c4ccc(-c5ccc(-c6ccccn6)nc5-c5ccc(-c6ccc(-c7nc8ccccc8o7)cc6)cc5)cc4)cc3)nc12. The van der Waals surface area contributed by atoms with E-state index in [0.29, 0.717) is 11.8 Å². The molecule has 0 spiro atoms. The highest BCUT2D eigenvalue weighted by molar-refractivity contribution is 5.86. The molecule has 62 heavy (non-hydrogen) atoms. The molecule has 0 saturated heterocycles. The van der Waals surface area contributed by atoms with E-state index in [2.05, 4.69) is 173 Å². The van der Waals surface area contributed by atoms with Gasteiger partial charge < -0.3 is 8.83 Å². The molecule has 10 aromatic rings. The Morgan fingerprint density at radius 1 is 0.387 bits per heavy atom. The Balaban J connectivity index is 0.938. The van der Waals surface area contributed by atoms with Gasteiger partial charge >= 0.3 is 0 Å². The van der Waals surface area contributed by atoms with E-state index < -0.39 is 0 Å². The number of aromatic nitrogens is 4. The average Bonchev–Trinajstić information content (AvgIpc) is 3.94. The van der Waals surface area contributed by atoms with Crippen LogP contribution in [0.4, 0.5) is 0 Å². The van der Waals surface area contributed by atoms with Gasteiger partial charge in [0.15, 0.2) is 11.2 Å². The van der Waals surface area contributed by atoms with Gasteiger partial charge in [0.05, 0.1) is 17.1 Å². The maximum atomic E-state index is 6.57.